The first-order chi connectivity index (χ1) is 15.2. The van der Waals surface area contributed by atoms with E-state index in [1.54, 1.807) is 13.8 Å². The smallest absolute Gasteiger partial charge is 0.248 e. The second kappa shape index (κ2) is 7.94. The van der Waals surface area contributed by atoms with Gasteiger partial charge in [-0.3, -0.25) is 14.6 Å². The van der Waals surface area contributed by atoms with Gasteiger partial charge in [0.05, 0.1) is 19.8 Å². The zero-order valence-corrected chi connectivity index (χ0v) is 18.5. The Bertz CT molecular complexity index is 1190. The Morgan fingerprint density at radius 3 is 2.69 bits per heavy atom. The summed E-state index contributed by atoms with van der Waals surface area (Å²) in [6.45, 7) is 3.31. The van der Waals surface area contributed by atoms with Crippen LogP contribution < -0.4 is 14.2 Å². The number of ketones is 2. The lowest BCUT2D eigenvalue weighted by Crippen LogP contribution is -2.52. The highest BCUT2D eigenvalue weighted by Crippen LogP contribution is 2.54. The standard InChI is InChI=1S/C21H20ClN3O7/c1-9-5-12(26)11(7-23-8-15-24-10(2)25-32-15)19(27)21(9)20(28)16-13(29-3)6-14(30-4)17(22)18(16)31-21/h6-7,9,27H,5,8H2,1-4H3/t9-,21+/m1/s1. The molecule has 11 heteroatoms. The number of ether oxygens (including phenoxy) is 3. The number of allylic oxidation sites excluding steroid dienone is 1. The summed E-state index contributed by atoms with van der Waals surface area (Å²) in [6, 6.07) is 1.47. The average molecular weight is 462 g/mol. The number of benzene rings is 1. The lowest BCUT2D eigenvalue weighted by atomic mass is 9.73. The SMILES string of the molecule is COc1cc(OC)c2c(c1Cl)O[C@]1(C2=O)C(O)=C(C=NCc2nc(C)no2)C(=O)C[C@H]1C. The summed E-state index contributed by atoms with van der Waals surface area (Å²) < 4.78 is 21.6. The number of aryl methyl sites for hydroxylation is 1. The molecule has 4 rings (SSSR count). The minimum absolute atomic E-state index is 0.000662. The average Bonchev–Trinajstić information content (AvgIpc) is 3.32. The van der Waals surface area contributed by atoms with Gasteiger partial charge in [0.1, 0.15) is 28.6 Å². The predicted octanol–water partition coefficient (Wildman–Crippen LogP) is 3.05. The van der Waals surface area contributed by atoms with Crippen molar-refractivity contribution >= 4 is 29.4 Å². The molecule has 168 valence electrons. The zero-order chi connectivity index (χ0) is 23.2. The summed E-state index contributed by atoms with van der Waals surface area (Å²) >= 11 is 6.39. The fraction of sp³-hybridized carbons (Fsp3) is 0.381. The van der Waals surface area contributed by atoms with E-state index in [-0.39, 0.29) is 58.0 Å². The summed E-state index contributed by atoms with van der Waals surface area (Å²) in [7, 11) is 2.81. The van der Waals surface area contributed by atoms with Crippen LogP contribution in [0.4, 0.5) is 0 Å². The van der Waals surface area contributed by atoms with Gasteiger partial charge < -0.3 is 23.8 Å². The van der Waals surface area contributed by atoms with Crippen LogP contribution in [0.3, 0.4) is 0 Å². The van der Waals surface area contributed by atoms with Crippen molar-refractivity contribution in [3.63, 3.8) is 0 Å². The molecule has 1 aliphatic heterocycles. The molecule has 0 saturated carbocycles. The van der Waals surface area contributed by atoms with Crippen LogP contribution in [0.2, 0.25) is 5.02 Å². The molecule has 0 amide bonds. The molecule has 2 atom stereocenters. The van der Waals surface area contributed by atoms with E-state index in [9.17, 15) is 14.7 Å². The van der Waals surface area contributed by atoms with Gasteiger partial charge in [-0.05, 0) is 6.92 Å². The molecule has 1 aromatic carbocycles. The van der Waals surface area contributed by atoms with Crippen LogP contribution in [-0.4, -0.2) is 52.8 Å². The lowest BCUT2D eigenvalue weighted by Gasteiger charge is -2.36. The summed E-state index contributed by atoms with van der Waals surface area (Å²) in [5.41, 5.74) is -1.91. The van der Waals surface area contributed by atoms with E-state index in [1.165, 1.54) is 26.5 Å². The van der Waals surface area contributed by atoms with E-state index in [1.807, 2.05) is 0 Å². The number of hydrogen-bond donors (Lipinski definition) is 1. The largest absolute Gasteiger partial charge is 0.507 e. The molecule has 0 radical (unpaired) electrons. The molecule has 0 bridgehead atoms. The van der Waals surface area contributed by atoms with E-state index in [2.05, 4.69) is 15.1 Å². The number of carbonyl (C=O) groups is 2. The van der Waals surface area contributed by atoms with Gasteiger partial charge in [0.25, 0.3) is 0 Å². The molecule has 0 fully saturated rings. The Labute approximate surface area is 187 Å². The highest BCUT2D eigenvalue weighted by molar-refractivity contribution is 6.35. The summed E-state index contributed by atoms with van der Waals surface area (Å²) in [5.74, 6) is -1.02. The number of methoxy groups -OCH3 is 2. The third-order valence-electron chi connectivity index (χ3n) is 5.53. The van der Waals surface area contributed by atoms with Gasteiger partial charge in [-0.25, -0.2) is 0 Å². The predicted molar refractivity (Wildman–Crippen MR) is 112 cm³/mol. The molecular formula is C21H20ClN3O7. The van der Waals surface area contributed by atoms with Gasteiger partial charge in [-0.1, -0.05) is 23.7 Å². The molecule has 0 saturated heterocycles. The highest BCUT2D eigenvalue weighted by atomic mass is 35.5. The molecule has 1 aromatic heterocycles. The fourth-order valence-electron chi connectivity index (χ4n) is 3.93. The van der Waals surface area contributed by atoms with Crippen molar-refractivity contribution < 1.29 is 33.4 Å². The van der Waals surface area contributed by atoms with Crippen LogP contribution in [0, 0.1) is 12.8 Å². The van der Waals surface area contributed by atoms with Crippen LogP contribution in [0.25, 0.3) is 0 Å². The van der Waals surface area contributed by atoms with Gasteiger partial charge in [-0.15, -0.1) is 0 Å². The first kappa shape index (κ1) is 21.8. The number of aliphatic hydroxyl groups is 1. The highest BCUT2D eigenvalue weighted by Gasteiger charge is 2.60. The molecule has 0 unspecified atom stereocenters. The van der Waals surface area contributed by atoms with Gasteiger partial charge in [0.2, 0.25) is 17.3 Å². The van der Waals surface area contributed by atoms with Crippen molar-refractivity contribution in [3.8, 4) is 17.2 Å². The van der Waals surface area contributed by atoms with Crippen LogP contribution in [-0.2, 0) is 11.3 Å². The first-order valence-electron chi connectivity index (χ1n) is 9.68. The monoisotopic (exact) mass is 461 g/mol. The molecular weight excluding hydrogens is 442 g/mol. The minimum Gasteiger partial charge on any atom is -0.507 e. The van der Waals surface area contributed by atoms with Gasteiger partial charge in [-0.2, -0.15) is 4.98 Å². The van der Waals surface area contributed by atoms with Crippen molar-refractivity contribution in [2.24, 2.45) is 10.9 Å². The number of halogens is 1. The molecule has 2 aliphatic rings. The topological polar surface area (TPSA) is 133 Å². The number of carbonyl (C=O) groups excluding carboxylic acids is 2. The molecule has 2 aromatic rings. The van der Waals surface area contributed by atoms with Crippen molar-refractivity contribution in [2.45, 2.75) is 32.4 Å². The summed E-state index contributed by atoms with van der Waals surface area (Å²) in [4.78, 5) is 34.4. The number of nitrogens with zero attached hydrogens (tertiary/aromatic N) is 3. The maximum Gasteiger partial charge on any atom is 0.248 e. The van der Waals surface area contributed by atoms with Crippen LogP contribution in [0.15, 0.2) is 26.9 Å². The third kappa shape index (κ3) is 3.13. The van der Waals surface area contributed by atoms with Gasteiger partial charge in [0, 0.05) is 24.6 Å². The summed E-state index contributed by atoms with van der Waals surface area (Å²) in [6.07, 6.45) is 1.13. The van der Waals surface area contributed by atoms with Crippen molar-refractivity contribution in [1.82, 2.24) is 10.1 Å². The van der Waals surface area contributed by atoms with Crippen LogP contribution in [0.1, 0.15) is 35.4 Å². The number of aliphatic imine (C=N–C) groups is 1. The van der Waals surface area contributed by atoms with Crippen molar-refractivity contribution in [2.75, 3.05) is 14.2 Å². The Morgan fingerprint density at radius 2 is 2.06 bits per heavy atom. The maximum absolute atomic E-state index is 13.6. The number of aliphatic hydroxyl groups excluding tert-OH is 1. The Kier molecular flexibility index (Phi) is 5.41. The first-order valence-corrected chi connectivity index (χ1v) is 10.1. The maximum atomic E-state index is 13.6. The number of aromatic nitrogens is 2. The minimum atomic E-state index is -1.85. The molecule has 1 spiro atoms. The molecule has 10 nitrogen and oxygen atoms in total. The van der Waals surface area contributed by atoms with E-state index < -0.39 is 23.1 Å². The Hall–Kier alpha value is -3.40. The zero-order valence-electron chi connectivity index (χ0n) is 17.8. The summed E-state index contributed by atoms with van der Waals surface area (Å²) in [5, 5.41) is 14.9. The van der Waals surface area contributed by atoms with Crippen LogP contribution in [0.5, 0.6) is 17.2 Å². The lowest BCUT2D eigenvalue weighted by molar-refractivity contribution is -0.118. The van der Waals surface area contributed by atoms with E-state index in [0.717, 1.165) is 0 Å². The van der Waals surface area contributed by atoms with E-state index in [4.69, 9.17) is 30.3 Å². The molecule has 1 N–H and O–H groups in total. The van der Waals surface area contributed by atoms with Crippen molar-refractivity contribution in [1.29, 1.82) is 0 Å². The second-order valence-corrected chi connectivity index (χ2v) is 7.84. The molecule has 32 heavy (non-hydrogen) atoms. The van der Waals surface area contributed by atoms with E-state index >= 15 is 0 Å². The number of Topliss-reactive ketones (excluding diaryl/α,β-unsaturated/α-hetero) is 2. The fourth-order valence-corrected chi connectivity index (χ4v) is 4.20. The molecule has 2 heterocycles. The normalized spacial score (nSPS) is 22.6. The third-order valence-corrected chi connectivity index (χ3v) is 5.89. The Balaban J connectivity index is 1.79. The number of hydrogen-bond acceptors (Lipinski definition) is 10. The molecule has 1 aliphatic carbocycles. The number of fused-ring (bicyclic) bond motifs is 1. The van der Waals surface area contributed by atoms with E-state index in [0.29, 0.717) is 5.82 Å². The number of rotatable bonds is 5. The quantitative estimate of drug-likeness (QED) is 0.666. The van der Waals surface area contributed by atoms with Crippen molar-refractivity contribution in [3.05, 3.63) is 39.7 Å². The van der Waals surface area contributed by atoms with Crippen LogP contribution >= 0.6 is 11.6 Å². The van der Waals surface area contributed by atoms with Gasteiger partial charge >= 0.3 is 0 Å². The second-order valence-electron chi connectivity index (χ2n) is 7.46. The Morgan fingerprint density at radius 1 is 1.34 bits per heavy atom. The van der Waals surface area contributed by atoms with Gasteiger partial charge in [0.15, 0.2) is 23.1 Å².